The predicted octanol–water partition coefficient (Wildman–Crippen LogP) is 6.33. The van der Waals surface area contributed by atoms with Gasteiger partial charge in [-0.3, -0.25) is 19.3 Å². The zero-order chi connectivity index (χ0) is 24.8. The van der Waals surface area contributed by atoms with Crippen molar-refractivity contribution in [2.45, 2.75) is 20.5 Å². The molecular weight excluding hydrogens is 569 g/mol. The highest BCUT2D eigenvalue weighted by Crippen LogP contribution is 2.40. The van der Waals surface area contributed by atoms with Crippen LogP contribution in [0.2, 0.25) is 10.0 Å². The average molecular weight is 589 g/mol. The highest BCUT2D eigenvalue weighted by molar-refractivity contribution is 9.10. The zero-order valence-corrected chi connectivity index (χ0v) is 22.1. The van der Waals surface area contributed by atoms with E-state index in [1.807, 2.05) is 6.92 Å². The third kappa shape index (κ3) is 6.47. The molecule has 2 aromatic rings. The Hall–Kier alpha value is -2.20. The third-order valence-corrected chi connectivity index (χ3v) is 6.57. The minimum Gasteiger partial charge on any atom is -0.490 e. The number of ether oxygens (including phenoxy) is 3. The van der Waals surface area contributed by atoms with Gasteiger partial charge in [-0.15, -0.1) is 0 Å². The topological polar surface area (TPSA) is 82.1 Å². The van der Waals surface area contributed by atoms with Crippen LogP contribution in [-0.4, -0.2) is 41.8 Å². The molecule has 1 fully saturated rings. The second-order valence-corrected chi connectivity index (χ2v) is 9.55. The molecule has 0 spiro atoms. The smallest absolute Gasteiger partial charge is 0.326 e. The van der Waals surface area contributed by atoms with Gasteiger partial charge in [-0.25, -0.2) is 0 Å². The van der Waals surface area contributed by atoms with E-state index in [9.17, 15) is 14.4 Å². The van der Waals surface area contributed by atoms with Gasteiger partial charge in [-0.1, -0.05) is 29.3 Å². The number of imide groups is 1. The molecule has 0 radical (unpaired) electrons. The Morgan fingerprint density at radius 3 is 2.56 bits per heavy atom. The summed E-state index contributed by atoms with van der Waals surface area (Å²) in [5.74, 6) is -0.302. The molecule has 0 atom stereocenters. The fourth-order valence-electron chi connectivity index (χ4n) is 2.99. The molecule has 7 nitrogen and oxygen atoms in total. The van der Waals surface area contributed by atoms with Gasteiger partial charge in [0.25, 0.3) is 11.1 Å². The maximum absolute atomic E-state index is 12.7. The van der Waals surface area contributed by atoms with Crippen LogP contribution in [0.5, 0.6) is 11.5 Å². The summed E-state index contributed by atoms with van der Waals surface area (Å²) in [4.78, 5) is 37.6. The maximum Gasteiger partial charge on any atom is 0.326 e. The summed E-state index contributed by atoms with van der Waals surface area (Å²) in [6.45, 7) is 3.78. The maximum atomic E-state index is 12.7. The summed E-state index contributed by atoms with van der Waals surface area (Å²) in [5, 5.41) is 0.478. The second kappa shape index (κ2) is 12.0. The van der Waals surface area contributed by atoms with Gasteiger partial charge in [0.2, 0.25) is 0 Å². The van der Waals surface area contributed by atoms with Gasteiger partial charge in [-0.2, -0.15) is 0 Å². The van der Waals surface area contributed by atoms with Crippen molar-refractivity contribution in [2.75, 3.05) is 19.8 Å². The molecule has 0 bridgehead atoms. The van der Waals surface area contributed by atoms with Crippen LogP contribution < -0.4 is 9.47 Å². The van der Waals surface area contributed by atoms with Crippen LogP contribution in [0.1, 0.15) is 25.0 Å². The number of benzene rings is 2. The van der Waals surface area contributed by atoms with E-state index in [1.165, 1.54) is 0 Å². The van der Waals surface area contributed by atoms with Crippen LogP contribution in [0, 0.1) is 0 Å². The SMILES string of the molecule is CCOC(=O)CN1C(=O)S/C(=C\c2cc(Br)c(OCc3ccc(Cl)cc3Cl)c(OCC)c2)C1=O. The number of carbonyl (C=O) groups is 3. The van der Waals surface area contributed by atoms with Gasteiger partial charge in [0.15, 0.2) is 11.5 Å². The van der Waals surface area contributed by atoms with E-state index in [1.54, 1.807) is 43.3 Å². The van der Waals surface area contributed by atoms with Crippen molar-refractivity contribution in [1.29, 1.82) is 0 Å². The van der Waals surface area contributed by atoms with Crippen LogP contribution in [0.25, 0.3) is 6.08 Å². The molecule has 11 heteroatoms. The summed E-state index contributed by atoms with van der Waals surface area (Å²) in [6, 6.07) is 8.58. The van der Waals surface area contributed by atoms with Crippen molar-refractivity contribution in [3.8, 4) is 11.5 Å². The zero-order valence-electron chi connectivity index (χ0n) is 18.2. The first-order valence-electron chi connectivity index (χ1n) is 10.2. The quantitative estimate of drug-likeness (QED) is 0.250. The summed E-state index contributed by atoms with van der Waals surface area (Å²) < 4.78 is 17.1. The summed E-state index contributed by atoms with van der Waals surface area (Å²) in [5.41, 5.74) is 1.36. The van der Waals surface area contributed by atoms with Gasteiger partial charge in [0, 0.05) is 15.6 Å². The Balaban J connectivity index is 1.83. The van der Waals surface area contributed by atoms with E-state index in [-0.39, 0.29) is 18.1 Å². The van der Waals surface area contributed by atoms with Gasteiger partial charge < -0.3 is 14.2 Å². The van der Waals surface area contributed by atoms with E-state index in [0.717, 1.165) is 22.2 Å². The number of hydrogen-bond acceptors (Lipinski definition) is 7. The van der Waals surface area contributed by atoms with E-state index < -0.39 is 23.7 Å². The Morgan fingerprint density at radius 1 is 1.12 bits per heavy atom. The fraction of sp³-hybridized carbons (Fsp3) is 0.261. The summed E-state index contributed by atoms with van der Waals surface area (Å²) >= 11 is 16.4. The molecular formula is C23H20BrCl2NO6S. The molecule has 0 saturated carbocycles. The lowest BCUT2D eigenvalue weighted by Gasteiger charge is -2.15. The van der Waals surface area contributed by atoms with Gasteiger partial charge >= 0.3 is 5.97 Å². The number of thioether (sulfide) groups is 1. The van der Waals surface area contributed by atoms with Crippen LogP contribution in [-0.2, 0) is 20.9 Å². The first-order valence-corrected chi connectivity index (χ1v) is 12.5. The van der Waals surface area contributed by atoms with Crippen molar-refractivity contribution in [1.82, 2.24) is 4.90 Å². The standard InChI is InChI=1S/C23H20BrCl2NO6S/c1-3-31-18-8-13(9-19-22(29)27(23(30)34-19)11-20(28)32-4-2)7-16(24)21(18)33-12-14-5-6-15(25)10-17(14)26/h5-10H,3-4,11-12H2,1-2H3/b19-9-. The molecule has 180 valence electrons. The third-order valence-electron chi connectivity index (χ3n) is 4.48. The second-order valence-electron chi connectivity index (χ2n) is 6.86. The summed E-state index contributed by atoms with van der Waals surface area (Å²) in [7, 11) is 0. The molecule has 1 heterocycles. The van der Waals surface area contributed by atoms with Gasteiger partial charge in [0.05, 0.1) is 22.6 Å². The number of hydrogen-bond donors (Lipinski definition) is 0. The number of halogens is 3. The Kier molecular flexibility index (Phi) is 9.30. The van der Waals surface area contributed by atoms with Crippen LogP contribution in [0.4, 0.5) is 4.79 Å². The highest BCUT2D eigenvalue weighted by Gasteiger charge is 2.36. The minimum atomic E-state index is -0.644. The van der Waals surface area contributed by atoms with Gasteiger partial charge in [-0.05, 0) is 77.4 Å². The molecule has 0 unspecified atom stereocenters. The molecule has 1 aliphatic rings. The lowest BCUT2D eigenvalue weighted by atomic mass is 10.1. The minimum absolute atomic E-state index is 0.164. The Morgan fingerprint density at radius 2 is 1.88 bits per heavy atom. The number of carbonyl (C=O) groups excluding carboxylic acids is 3. The van der Waals surface area contributed by atoms with E-state index in [4.69, 9.17) is 37.4 Å². The molecule has 0 N–H and O–H groups in total. The number of nitrogens with zero attached hydrogens (tertiary/aromatic N) is 1. The average Bonchev–Trinajstić information content (AvgIpc) is 3.02. The normalized spacial score (nSPS) is 14.6. The fourth-order valence-corrected chi connectivity index (χ4v) is 4.86. The largest absolute Gasteiger partial charge is 0.490 e. The van der Waals surface area contributed by atoms with E-state index in [0.29, 0.717) is 38.2 Å². The molecule has 2 aromatic carbocycles. The number of esters is 1. The monoisotopic (exact) mass is 587 g/mol. The Labute approximate surface area is 219 Å². The predicted molar refractivity (Wildman–Crippen MR) is 135 cm³/mol. The van der Waals surface area contributed by atoms with E-state index >= 15 is 0 Å². The van der Waals surface area contributed by atoms with Crippen molar-refractivity contribution in [2.24, 2.45) is 0 Å². The van der Waals surface area contributed by atoms with Crippen molar-refractivity contribution in [3.63, 3.8) is 0 Å². The van der Waals surface area contributed by atoms with Crippen LogP contribution in [0.15, 0.2) is 39.7 Å². The molecule has 1 aliphatic heterocycles. The van der Waals surface area contributed by atoms with E-state index in [2.05, 4.69) is 15.9 Å². The molecule has 34 heavy (non-hydrogen) atoms. The molecule has 1 saturated heterocycles. The number of rotatable bonds is 9. The van der Waals surface area contributed by atoms with Gasteiger partial charge in [0.1, 0.15) is 13.2 Å². The van der Waals surface area contributed by atoms with Crippen molar-refractivity contribution in [3.05, 3.63) is 60.9 Å². The first kappa shape index (κ1) is 26.4. The lowest BCUT2D eigenvalue weighted by molar-refractivity contribution is -0.145. The lowest BCUT2D eigenvalue weighted by Crippen LogP contribution is -2.34. The van der Waals surface area contributed by atoms with Crippen molar-refractivity contribution >= 4 is 74.1 Å². The molecule has 2 amide bonds. The van der Waals surface area contributed by atoms with Crippen LogP contribution >= 0.6 is 50.9 Å². The van der Waals surface area contributed by atoms with Crippen molar-refractivity contribution < 1.29 is 28.6 Å². The Bertz CT molecular complexity index is 1160. The highest BCUT2D eigenvalue weighted by atomic mass is 79.9. The number of amides is 2. The summed E-state index contributed by atoms with van der Waals surface area (Å²) in [6.07, 6.45) is 1.56. The molecule has 3 rings (SSSR count). The van der Waals surface area contributed by atoms with Crippen LogP contribution in [0.3, 0.4) is 0 Å². The molecule has 0 aliphatic carbocycles. The molecule has 0 aromatic heterocycles. The first-order chi connectivity index (χ1) is 16.2.